The summed E-state index contributed by atoms with van der Waals surface area (Å²) >= 11 is 0. The lowest BCUT2D eigenvalue weighted by molar-refractivity contribution is 0.271. The number of benzene rings is 1. The summed E-state index contributed by atoms with van der Waals surface area (Å²) in [5.41, 5.74) is 0.899. The normalized spacial score (nSPS) is 12.8. The molecule has 0 spiro atoms. The Morgan fingerprint density at radius 3 is 2.59 bits per heavy atom. The molecule has 1 aromatic rings. The van der Waals surface area contributed by atoms with Crippen molar-refractivity contribution < 1.29 is 14.2 Å². The molecule has 1 rings (SSSR count). The third kappa shape index (κ3) is 3.70. The van der Waals surface area contributed by atoms with Crippen LogP contribution in [0.25, 0.3) is 0 Å². The van der Waals surface area contributed by atoms with E-state index in [1.54, 1.807) is 19.2 Å². The summed E-state index contributed by atoms with van der Waals surface area (Å²) in [6.07, 6.45) is 1.57. The van der Waals surface area contributed by atoms with Crippen LogP contribution in [0.4, 0.5) is 4.39 Å². The fourth-order valence-electron chi connectivity index (χ4n) is 2.15. The first-order valence-corrected chi connectivity index (χ1v) is 6.04. The molecule has 0 saturated heterocycles. The molecule has 0 aliphatic rings. The standard InChI is InChI=1S/C14H21FO2/c1-10(2)12(5-4-8-16)13-9-11(15)6-7-14(13)17-3/h6-7,9-10,12,16H,4-5,8H2,1-3H3. The molecular formula is C14H21FO2. The molecule has 1 aromatic carbocycles. The molecule has 0 aliphatic heterocycles. The molecule has 2 nitrogen and oxygen atoms in total. The third-order valence-corrected chi connectivity index (χ3v) is 3.07. The van der Waals surface area contributed by atoms with Crippen molar-refractivity contribution in [2.45, 2.75) is 32.6 Å². The van der Waals surface area contributed by atoms with E-state index in [4.69, 9.17) is 9.84 Å². The Kier molecular flexibility index (Phi) is 5.42. The van der Waals surface area contributed by atoms with Crippen LogP contribution in [0.1, 0.15) is 38.2 Å². The fourth-order valence-corrected chi connectivity index (χ4v) is 2.15. The summed E-state index contributed by atoms with van der Waals surface area (Å²) in [4.78, 5) is 0. The monoisotopic (exact) mass is 240 g/mol. The largest absolute Gasteiger partial charge is 0.496 e. The van der Waals surface area contributed by atoms with Gasteiger partial charge in [0, 0.05) is 12.2 Å². The summed E-state index contributed by atoms with van der Waals surface area (Å²) in [6.45, 7) is 4.37. The SMILES string of the molecule is COc1ccc(F)cc1C(CCCO)C(C)C. The number of rotatable bonds is 6. The van der Waals surface area contributed by atoms with E-state index in [9.17, 15) is 4.39 Å². The van der Waals surface area contributed by atoms with Crippen LogP contribution in [0.2, 0.25) is 0 Å². The van der Waals surface area contributed by atoms with Gasteiger partial charge in [0.25, 0.3) is 0 Å². The van der Waals surface area contributed by atoms with Crippen LogP contribution in [0.15, 0.2) is 18.2 Å². The molecule has 3 heteroatoms. The van der Waals surface area contributed by atoms with Crippen LogP contribution >= 0.6 is 0 Å². The third-order valence-electron chi connectivity index (χ3n) is 3.07. The van der Waals surface area contributed by atoms with Gasteiger partial charge < -0.3 is 9.84 Å². The van der Waals surface area contributed by atoms with Crippen LogP contribution < -0.4 is 4.74 Å². The van der Waals surface area contributed by atoms with Crippen LogP contribution in [0, 0.1) is 11.7 Å². The minimum atomic E-state index is -0.240. The van der Waals surface area contributed by atoms with Gasteiger partial charge in [0.1, 0.15) is 11.6 Å². The molecule has 0 amide bonds. The lowest BCUT2D eigenvalue weighted by Gasteiger charge is -2.23. The van der Waals surface area contributed by atoms with E-state index in [0.717, 1.165) is 24.2 Å². The first-order valence-electron chi connectivity index (χ1n) is 6.04. The molecule has 1 unspecified atom stereocenters. The van der Waals surface area contributed by atoms with Gasteiger partial charge in [-0.3, -0.25) is 0 Å². The molecule has 0 saturated carbocycles. The zero-order valence-corrected chi connectivity index (χ0v) is 10.7. The highest BCUT2D eigenvalue weighted by Crippen LogP contribution is 2.35. The quantitative estimate of drug-likeness (QED) is 0.826. The Hall–Kier alpha value is -1.09. The van der Waals surface area contributed by atoms with Crippen molar-refractivity contribution in [1.82, 2.24) is 0 Å². The Morgan fingerprint density at radius 1 is 1.35 bits per heavy atom. The second-order valence-electron chi connectivity index (χ2n) is 4.60. The van der Waals surface area contributed by atoms with Gasteiger partial charge in [0.15, 0.2) is 0 Å². The summed E-state index contributed by atoms with van der Waals surface area (Å²) < 4.78 is 18.6. The van der Waals surface area contributed by atoms with Crippen LogP contribution in [0.5, 0.6) is 5.75 Å². The zero-order valence-electron chi connectivity index (χ0n) is 10.7. The van der Waals surface area contributed by atoms with Crippen LogP contribution in [-0.4, -0.2) is 18.8 Å². The average molecular weight is 240 g/mol. The van der Waals surface area contributed by atoms with E-state index >= 15 is 0 Å². The maximum atomic E-state index is 13.3. The number of hydrogen-bond donors (Lipinski definition) is 1. The highest BCUT2D eigenvalue weighted by atomic mass is 19.1. The van der Waals surface area contributed by atoms with Gasteiger partial charge in [-0.2, -0.15) is 0 Å². The molecule has 0 aliphatic carbocycles. The van der Waals surface area contributed by atoms with Gasteiger partial charge in [0.2, 0.25) is 0 Å². The van der Waals surface area contributed by atoms with Crippen LogP contribution in [-0.2, 0) is 0 Å². The van der Waals surface area contributed by atoms with E-state index in [0.29, 0.717) is 5.92 Å². The molecule has 96 valence electrons. The average Bonchev–Trinajstić information content (AvgIpc) is 2.29. The van der Waals surface area contributed by atoms with E-state index in [2.05, 4.69) is 13.8 Å². The van der Waals surface area contributed by atoms with Crippen molar-refractivity contribution in [3.63, 3.8) is 0 Å². The molecule has 0 radical (unpaired) electrons. The van der Waals surface area contributed by atoms with Crippen molar-refractivity contribution in [3.05, 3.63) is 29.6 Å². The van der Waals surface area contributed by atoms with Crippen molar-refractivity contribution in [1.29, 1.82) is 0 Å². The minimum absolute atomic E-state index is 0.168. The van der Waals surface area contributed by atoms with E-state index in [-0.39, 0.29) is 18.3 Å². The second-order valence-corrected chi connectivity index (χ2v) is 4.60. The van der Waals surface area contributed by atoms with Crippen molar-refractivity contribution in [2.75, 3.05) is 13.7 Å². The lowest BCUT2D eigenvalue weighted by atomic mass is 9.84. The molecule has 1 N–H and O–H groups in total. The summed E-state index contributed by atoms with van der Waals surface area (Å²) in [5.74, 6) is 1.09. The lowest BCUT2D eigenvalue weighted by Crippen LogP contribution is -2.09. The van der Waals surface area contributed by atoms with Gasteiger partial charge in [-0.1, -0.05) is 13.8 Å². The second kappa shape index (κ2) is 6.60. The molecule has 0 bridgehead atoms. The van der Waals surface area contributed by atoms with Gasteiger partial charge >= 0.3 is 0 Å². The number of methoxy groups -OCH3 is 1. The van der Waals surface area contributed by atoms with Gasteiger partial charge in [-0.05, 0) is 42.9 Å². The van der Waals surface area contributed by atoms with Gasteiger partial charge in [0.05, 0.1) is 7.11 Å². The molecule has 0 heterocycles. The van der Waals surface area contributed by atoms with E-state index < -0.39 is 0 Å². The Labute approximate surface area is 102 Å². The minimum Gasteiger partial charge on any atom is -0.496 e. The fraction of sp³-hybridized carbons (Fsp3) is 0.571. The predicted molar refractivity (Wildman–Crippen MR) is 66.9 cm³/mol. The van der Waals surface area contributed by atoms with E-state index in [1.165, 1.54) is 6.07 Å². The maximum Gasteiger partial charge on any atom is 0.123 e. The number of hydrogen-bond acceptors (Lipinski definition) is 2. The van der Waals surface area contributed by atoms with Crippen LogP contribution in [0.3, 0.4) is 0 Å². The first-order chi connectivity index (χ1) is 8.10. The van der Waals surface area contributed by atoms with E-state index in [1.807, 2.05) is 0 Å². The number of aliphatic hydroxyl groups excluding tert-OH is 1. The highest BCUT2D eigenvalue weighted by Gasteiger charge is 2.20. The first kappa shape index (κ1) is 14.0. The molecule has 0 aromatic heterocycles. The zero-order chi connectivity index (χ0) is 12.8. The molecule has 0 fully saturated rings. The molecule has 1 atom stereocenters. The Morgan fingerprint density at radius 2 is 2.06 bits per heavy atom. The smallest absolute Gasteiger partial charge is 0.123 e. The van der Waals surface area contributed by atoms with Crippen molar-refractivity contribution >= 4 is 0 Å². The highest BCUT2D eigenvalue weighted by molar-refractivity contribution is 5.37. The Bertz CT molecular complexity index is 350. The summed E-state index contributed by atoms with van der Waals surface area (Å²) in [7, 11) is 1.60. The number of aliphatic hydroxyl groups is 1. The predicted octanol–water partition coefficient (Wildman–Crippen LogP) is 3.35. The topological polar surface area (TPSA) is 29.5 Å². The molecular weight excluding hydrogens is 219 g/mol. The maximum absolute atomic E-state index is 13.3. The number of halogens is 1. The van der Waals surface area contributed by atoms with Gasteiger partial charge in [-0.25, -0.2) is 4.39 Å². The summed E-state index contributed by atoms with van der Waals surface area (Å²) in [5, 5.41) is 8.92. The van der Waals surface area contributed by atoms with Crippen molar-refractivity contribution in [3.8, 4) is 5.75 Å². The number of ether oxygens (including phenoxy) is 1. The van der Waals surface area contributed by atoms with Gasteiger partial charge in [-0.15, -0.1) is 0 Å². The molecule has 17 heavy (non-hydrogen) atoms. The Balaban J connectivity index is 3.02. The summed E-state index contributed by atoms with van der Waals surface area (Å²) in [6, 6.07) is 4.62. The van der Waals surface area contributed by atoms with Crippen molar-refractivity contribution in [2.24, 2.45) is 5.92 Å².